The number of hydrogen-bond donors (Lipinski definition) is 2. The van der Waals surface area contributed by atoms with Crippen LogP contribution in [0.5, 0.6) is 0 Å². The standard InChI is InChI=1S/C13H9N2O/c16-13-10(5-3-7-14-13)12-8-9-4-1-2-6-11(9)15-12/h1-2,4-8,15H,(H,14,16). The predicted molar refractivity (Wildman–Crippen MR) is 63.2 cm³/mol. The number of para-hydroxylation sites is 1. The van der Waals surface area contributed by atoms with Crippen LogP contribution in [0.2, 0.25) is 0 Å². The third-order valence-corrected chi connectivity index (χ3v) is 2.58. The first-order valence-electron chi connectivity index (χ1n) is 5.01. The number of fused-ring (bicyclic) bond motifs is 1. The molecule has 2 heterocycles. The van der Waals surface area contributed by atoms with E-state index in [-0.39, 0.29) is 5.56 Å². The summed E-state index contributed by atoms with van der Waals surface area (Å²) >= 11 is 0. The molecule has 77 valence electrons. The predicted octanol–water partition coefficient (Wildman–Crippen LogP) is 2.32. The SMILES string of the molecule is O=c1[nH]c[c]cc1-c1cc2ccccc2[nH]1. The van der Waals surface area contributed by atoms with E-state index in [2.05, 4.69) is 16.0 Å². The van der Waals surface area contributed by atoms with Gasteiger partial charge in [0.05, 0.1) is 11.3 Å². The van der Waals surface area contributed by atoms with Crippen LogP contribution in [0.4, 0.5) is 0 Å². The summed E-state index contributed by atoms with van der Waals surface area (Å²) in [6.07, 6.45) is 1.51. The molecule has 0 fully saturated rings. The van der Waals surface area contributed by atoms with Gasteiger partial charge in [-0.3, -0.25) is 4.79 Å². The number of aromatic nitrogens is 2. The van der Waals surface area contributed by atoms with Gasteiger partial charge in [-0.1, -0.05) is 18.2 Å². The number of pyridine rings is 1. The highest BCUT2D eigenvalue weighted by Gasteiger charge is 2.05. The van der Waals surface area contributed by atoms with Crippen molar-refractivity contribution < 1.29 is 0 Å². The van der Waals surface area contributed by atoms with Crippen LogP contribution in [0.25, 0.3) is 22.2 Å². The number of rotatable bonds is 1. The van der Waals surface area contributed by atoms with E-state index in [0.717, 1.165) is 16.6 Å². The second-order valence-electron chi connectivity index (χ2n) is 3.61. The molecule has 16 heavy (non-hydrogen) atoms. The minimum absolute atomic E-state index is 0.106. The van der Waals surface area contributed by atoms with Crippen LogP contribution >= 0.6 is 0 Å². The highest BCUT2D eigenvalue weighted by Crippen LogP contribution is 2.20. The molecule has 3 nitrogen and oxygen atoms in total. The van der Waals surface area contributed by atoms with Crippen molar-refractivity contribution in [3.8, 4) is 11.3 Å². The molecular weight excluding hydrogens is 200 g/mol. The van der Waals surface area contributed by atoms with E-state index < -0.39 is 0 Å². The Balaban J connectivity index is 2.27. The number of nitrogens with one attached hydrogen (secondary N) is 2. The van der Waals surface area contributed by atoms with Crippen LogP contribution in [0.3, 0.4) is 0 Å². The fourth-order valence-corrected chi connectivity index (χ4v) is 1.79. The van der Waals surface area contributed by atoms with Gasteiger partial charge in [-0.15, -0.1) is 0 Å². The van der Waals surface area contributed by atoms with E-state index in [4.69, 9.17) is 0 Å². The van der Waals surface area contributed by atoms with Gasteiger partial charge >= 0.3 is 0 Å². The zero-order chi connectivity index (χ0) is 11.0. The van der Waals surface area contributed by atoms with Crippen LogP contribution in [0, 0.1) is 6.07 Å². The molecule has 1 radical (unpaired) electrons. The first-order valence-corrected chi connectivity index (χ1v) is 5.01. The normalized spacial score (nSPS) is 10.8. The summed E-state index contributed by atoms with van der Waals surface area (Å²) in [4.78, 5) is 17.4. The van der Waals surface area contributed by atoms with Crippen molar-refractivity contribution in [3.63, 3.8) is 0 Å². The molecule has 0 saturated carbocycles. The van der Waals surface area contributed by atoms with Crippen LogP contribution in [-0.4, -0.2) is 9.97 Å². The third kappa shape index (κ3) is 1.34. The molecule has 0 amide bonds. The van der Waals surface area contributed by atoms with Crippen molar-refractivity contribution in [1.29, 1.82) is 0 Å². The summed E-state index contributed by atoms with van der Waals surface area (Å²) in [5.74, 6) is 0. The number of hydrogen-bond acceptors (Lipinski definition) is 1. The zero-order valence-corrected chi connectivity index (χ0v) is 8.45. The second-order valence-corrected chi connectivity index (χ2v) is 3.61. The molecule has 3 aromatic rings. The molecular formula is C13H9N2O. The highest BCUT2D eigenvalue weighted by molar-refractivity contribution is 5.85. The van der Waals surface area contributed by atoms with Gasteiger partial charge in [0, 0.05) is 23.2 Å². The van der Waals surface area contributed by atoms with Crippen molar-refractivity contribution in [2.24, 2.45) is 0 Å². The minimum atomic E-state index is -0.106. The summed E-state index contributed by atoms with van der Waals surface area (Å²) in [5.41, 5.74) is 2.35. The van der Waals surface area contributed by atoms with Crippen molar-refractivity contribution in [2.75, 3.05) is 0 Å². The average Bonchev–Trinajstić information content (AvgIpc) is 2.73. The molecule has 1 aromatic carbocycles. The van der Waals surface area contributed by atoms with Crippen molar-refractivity contribution >= 4 is 10.9 Å². The van der Waals surface area contributed by atoms with Gasteiger partial charge in [0.2, 0.25) is 0 Å². The van der Waals surface area contributed by atoms with Crippen molar-refractivity contribution in [1.82, 2.24) is 9.97 Å². The molecule has 3 heteroatoms. The average molecular weight is 209 g/mol. The van der Waals surface area contributed by atoms with Crippen LogP contribution in [-0.2, 0) is 0 Å². The summed E-state index contributed by atoms with van der Waals surface area (Å²) in [7, 11) is 0. The maximum atomic E-state index is 11.6. The van der Waals surface area contributed by atoms with Gasteiger partial charge in [0.1, 0.15) is 0 Å². The van der Waals surface area contributed by atoms with Gasteiger partial charge in [-0.2, -0.15) is 0 Å². The molecule has 0 aliphatic carbocycles. The van der Waals surface area contributed by atoms with Crippen LogP contribution in [0.15, 0.2) is 47.4 Å². The topological polar surface area (TPSA) is 48.6 Å². The van der Waals surface area contributed by atoms with E-state index in [9.17, 15) is 4.79 Å². The Morgan fingerprint density at radius 1 is 1.19 bits per heavy atom. The zero-order valence-electron chi connectivity index (χ0n) is 8.45. The molecule has 0 spiro atoms. The second kappa shape index (κ2) is 3.38. The van der Waals surface area contributed by atoms with Gasteiger partial charge < -0.3 is 9.97 Å². The van der Waals surface area contributed by atoms with E-state index in [1.807, 2.05) is 30.3 Å². The fraction of sp³-hybridized carbons (Fsp3) is 0. The van der Waals surface area contributed by atoms with Crippen LogP contribution in [0.1, 0.15) is 0 Å². The lowest BCUT2D eigenvalue weighted by atomic mass is 10.2. The van der Waals surface area contributed by atoms with Crippen LogP contribution < -0.4 is 5.56 Å². The molecule has 2 aromatic heterocycles. The minimum Gasteiger partial charge on any atom is -0.354 e. The molecule has 0 saturated heterocycles. The summed E-state index contributed by atoms with van der Waals surface area (Å²) in [5, 5.41) is 1.10. The summed E-state index contributed by atoms with van der Waals surface area (Å²) in [6.45, 7) is 0. The highest BCUT2D eigenvalue weighted by atomic mass is 16.1. The smallest absolute Gasteiger partial charge is 0.257 e. The van der Waals surface area contributed by atoms with Crippen molar-refractivity contribution in [3.05, 3.63) is 59.0 Å². The van der Waals surface area contributed by atoms with Gasteiger partial charge in [0.15, 0.2) is 0 Å². The Bertz CT molecular complexity index is 661. The quantitative estimate of drug-likeness (QED) is 0.634. The lowest BCUT2D eigenvalue weighted by Gasteiger charge is -1.93. The Hall–Kier alpha value is -2.29. The Morgan fingerprint density at radius 2 is 2.06 bits per heavy atom. The molecule has 0 aliphatic heterocycles. The van der Waals surface area contributed by atoms with E-state index in [0.29, 0.717) is 5.56 Å². The maximum Gasteiger partial charge on any atom is 0.257 e. The first-order chi connectivity index (χ1) is 7.84. The van der Waals surface area contributed by atoms with E-state index in [1.165, 1.54) is 6.20 Å². The number of aromatic amines is 2. The van der Waals surface area contributed by atoms with E-state index >= 15 is 0 Å². The Kier molecular flexibility index (Phi) is 1.90. The number of benzene rings is 1. The number of H-pyrrole nitrogens is 2. The van der Waals surface area contributed by atoms with Gasteiger partial charge in [-0.25, -0.2) is 0 Å². The molecule has 0 unspecified atom stereocenters. The molecule has 0 atom stereocenters. The third-order valence-electron chi connectivity index (χ3n) is 2.58. The first kappa shape index (κ1) is 8.97. The fourth-order valence-electron chi connectivity index (χ4n) is 1.79. The molecule has 0 aliphatic rings. The molecule has 3 rings (SSSR count). The van der Waals surface area contributed by atoms with Gasteiger partial charge in [-0.05, 0) is 18.2 Å². The van der Waals surface area contributed by atoms with Crippen molar-refractivity contribution in [2.45, 2.75) is 0 Å². The Labute approximate surface area is 91.8 Å². The largest absolute Gasteiger partial charge is 0.354 e. The maximum absolute atomic E-state index is 11.6. The van der Waals surface area contributed by atoms with E-state index in [1.54, 1.807) is 6.07 Å². The molecule has 0 bridgehead atoms. The lowest BCUT2D eigenvalue weighted by molar-refractivity contribution is 1.23. The monoisotopic (exact) mass is 209 g/mol. The molecule has 2 N–H and O–H groups in total. The van der Waals surface area contributed by atoms with Gasteiger partial charge in [0.25, 0.3) is 5.56 Å². The summed E-state index contributed by atoms with van der Waals surface area (Å²) < 4.78 is 0. The summed E-state index contributed by atoms with van der Waals surface area (Å²) in [6, 6.07) is 14.5. The Morgan fingerprint density at radius 3 is 2.88 bits per heavy atom. The lowest BCUT2D eigenvalue weighted by Crippen LogP contribution is -2.06.